The molecule has 0 saturated carbocycles. The van der Waals surface area contributed by atoms with Crippen molar-refractivity contribution in [3.05, 3.63) is 132 Å². The van der Waals surface area contributed by atoms with Crippen LogP contribution in [0.2, 0.25) is 13.1 Å². The van der Waals surface area contributed by atoms with Crippen molar-refractivity contribution in [3.8, 4) is 22.3 Å². The third-order valence-corrected chi connectivity index (χ3v) is 6.61. The van der Waals surface area contributed by atoms with E-state index in [1.807, 2.05) is 0 Å². The van der Waals surface area contributed by atoms with E-state index in [1.165, 1.54) is 54.9 Å². The van der Waals surface area contributed by atoms with Gasteiger partial charge in [0.05, 0.1) is 0 Å². The van der Waals surface area contributed by atoms with Crippen LogP contribution in [-0.2, 0) is 91.5 Å². The van der Waals surface area contributed by atoms with Crippen molar-refractivity contribution in [1.82, 2.24) is 0 Å². The Balaban J connectivity index is 0. The number of hydrogen-bond acceptors (Lipinski definition) is 0. The van der Waals surface area contributed by atoms with Crippen molar-refractivity contribution in [1.29, 1.82) is 0 Å². The van der Waals surface area contributed by atoms with Crippen LogP contribution in [0.5, 0.6) is 0 Å². The van der Waals surface area contributed by atoms with Crippen LogP contribution in [0.15, 0.2) is 121 Å². The molecule has 2 radical (unpaired) electrons. The zero-order valence-corrected chi connectivity index (χ0v) is 34.8. The summed E-state index contributed by atoms with van der Waals surface area (Å²) in [4.78, 5) is 0. The molecule has 214 valence electrons. The van der Waals surface area contributed by atoms with Gasteiger partial charge in [-0.3, -0.25) is 0 Å². The van der Waals surface area contributed by atoms with E-state index in [9.17, 15) is 0 Å². The molecule has 0 aliphatic heterocycles. The second kappa shape index (κ2) is 23.0. The molecule has 0 saturated heterocycles. The number of hydrogen-bond donors (Lipinski definition) is 0. The second-order valence-electron chi connectivity index (χ2n) is 9.28. The average Bonchev–Trinajstić information content (AvgIpc) is 3.58. The van der Waals surface area contributed by atoms with Gasteiger partial charge in [0.2, 0.25) is 0 Å². The Morgan fingerprint density at radius 1 is 0.500 bits per heavy atom. The first-order chi connectivity index (χ1) is 18.2. The van der Waals surface area contributed by atoms with E-state index in [1.54, 1.807) is 0 Å². The fourth-order valence-corrected chi connectivity index (χ4v) is 4.74. The van der Waals surface area contributed by atoms with E-state index in [4.69, 9.17) is 0 Å². The summed E-state index contributed by atoms with van der Waals surface area (Å²) in [6.45, 7) is 8.72. The van der Waals surface area contributed by atoms with Gasteiger partial charge in [-0.25, -0.2) is 0 Å². The van der Waals surface area contributed by atoms with Crippen LogP contribution in [0.3, 0.4) is 0 Å². The zero-order valence-electron chi connectivity index (χ0n) is 24.8. The summed E-state index contributed by atoms with van der Waals surface area (Å²) < 4.78 is 0. The Kier molecular flexibility index (Phi) is 23.9. The Morgan fingerprint density at radius 3 is 1.14 bits per heavy atom. The van der Waals surface area contributed by atoms with Gasteiger partial charge in [0, 0.05) is 88.1 Å². The molecule has 42 heavy (non-hydrogen) atoms. The van der Waals surface area contributed by atoms with Gasteiger partial charge in [-0.2, -0.15) is 12.1 Å². The largest absolute Gasteiger partial charge is 0.164 e. The fraction of sp³-hybridized carbons (Fsp3) is 0.167. The molecular weight excluding hydrogens is 805 g/mol. The summed E-state index contributed by atoms with van der Waals surface area (Å²) >= 11 is 0. The Morgan fingerprint density at radius 2 is 0.833 bits per heavy atom. The van der Waals surface area contributed by atoms with Gasteiger partial charge in [0.1, 0.15) is 0 Å². The van der Waals surface area contributed by atoms with Gasteiger partial charge in [-0.15, -0.1) is 93.9 Å². The first-order valence-corrected chi connectivity index (χ1v) is 15.2. The molecule has 0 fully saturated rings. The predicted octanol–water partition coefficient (Wildman–Crippen LogP) is 11.2. The average molecular weight is 843 g/mol. The molecule has 0 bridgehead atoms. The molecule has 6 rings (SSSR count). The van der Waals surface area contributed by atoms with Crippen molar-refractivity contribution < 1.29 is 78.6 Å². The summed E-state index contributed by atoms with van der Waals surface area (Å²) in [5.74, 6) is 0. The summed E-state index contributed by atoms with van der Waals surface area (Å²) in [5, 5.41) is 5.44. The van der Waals surface area contributed by atoms with Gasteiger partial charge in [0.25, 0.3) is 0 Å². The maximum absolute atomic E-state index is 2.32. The number of rotatable bonds is 4. The molecule has 6 aromatic rings. The Labute approximate surface area is 325 Å². The SMILES string of the molecule is CCc1cc2c(-c3ccccc3)cccc2[cH-]1.CCc1cc2c(-c3ccccc3)cccc2[cH-]1.C[Si]C.Cl.Cl.[Zr].[Zr].[Zr]. The van der Waals surface area contributed by atoms with Crippen LogP contribution >= 0.6 is 24.8 Å². The maximum Gasteiger partial charge on any atom is 0.0307 e. The Hall–Kier alpha value is -0.454. The number of aryl methyl sites for hydroxylation is 2. The first-order valence-electron chi connectivity index (χ1n) is 13.2. The molecule has 0 aliphatic rings. The maximum atomic E-state index is 2.32. The van der Waals surface area contributed by atoms with Crippen LogP contribution in [-0.4, -0.2) is 9.52 Å². The van der Waals surface area contributed by atoms with Gasteiger partial charge in [-0.05, 0) is 24.0 Å². The number of benzene rings is 4. The normalized spacial score (nSPS) is 9.24. The molecule has 0 unspecified atom stereocenters. The predicted molar refractivity (Wildman–Crippen MR) is 181 cm³/mol. The monoisotopic (exact) mass is 838 g/mol. The number of halogens is 2. The first kappa shape index (κ1) is 43.7. The van der Waals surface area contributed by atoms with Gasteiger partial charge >= 0.3 is 0 Å². The van der Waals surface area contributed by atoms with Crippen LogP contribution in [0.25, 0.3) is 43.8 Å². The molecule has 0 amide bonds. The van der Waals surface area contributed by atoms with E-state index in [-0.39, 0.29) is 103 Å². The molecule has 0 spiro atoms. The molecule has 0 heterocycles. The van der Waals surface area contributed by atoms with Crippen LogP contribution in [0.1, 0.15) is 25.0 Å². The van der Waals surface area contributed by atoms with E-state index < -0.39 is 0 Å². The second-order valence-corrected chi connectivity index (χ2v) is 10.3. The van der Waals surface area contributed by atoms with Gasteiger partial charge < -0.3 is 0 Å². The molecule has 6 heteroatoms. The quantitative estimate of drug-likeness (QED) is 0.123. The van der Waals surface area contributed by atoms with Crippen LogP contribution < -0.4 is 0 Å². The van der Waals surface area contributed by atoms with Gasteiger partial charge in [0.15, 0.2) is 0 Å². The minimum atomic E-state index is 0. The molecule has 6 aromatic carbocycles. The van der Waals surface area contributed by atoms with Crippen molar-refractivity contribution in [3.63, 3.8) is 0 Å². The van der Waals surface area contributed by atoms with Gasteiger partial charge in [-0.1, -0.05) is 111 Å². The summed E-state index contributed by atoms with van der Waals surface area (Å²) in [7, 11) is 1.08. The minimum absolute atomic E-state index is 0. The van der Waals surface area contributed by atoms with Crippen molar-refractivity contribution in [2.45, 2.75) is 39.8 Å². The summed E-state index contributed by atoms with van der Waals surface area (Å²) in [6.07, 6.45) is 2.20. The van der Waals surface area contributed by atoms with E-state index in [2.05, 4.69) is 148 Å². The molecule has 0 nitrogen and oxygen atoms in total. The van der Waals surface area contributed by atoms with Crippen LogP contribution in [0, 0.1) is 0 Å². The zero-order chi connectivity index (χ0) is 26.0. The van der Waals surface area contributed by atoms with Crippen LogP contribution in [0.4, 0.5) is 0 Å². The molecular formula is C36H38Cl2SiZr3-2. The van der Waals surface area contributed by atoms with E-state index >= 15 is 0 Å². The summed E-state index contributed by atoms with van der Waals surface area (Å²) in [6, 6.07) is 43.5. The van der Waals surface area contributed by atoms with E-state index in [0.29, 0.717) is 0 Å². The van der Waals surface area contributed by atoms with E-state index in [0.717, 1.165) is 22.4 Å². The standard InChI is InChI=1S/2C17H15.C2H6Si.2ClH.3Zr/c2*1-2-13-11-15-9-6-10-16(17(15)12-13)14-7-4-3-5-8-14;1-3-2;;;;;/h2*3-12H,2H2,1H3;1-2H3;2*1H;;;/q2*-1;;;;;;. The van der Waals surface area contributed by atoms with Crippen molar-refractivity contribution in [2.75, 3.05) is 0 Å². The minimum Gasteiger partial charge on any atom is -0.164 e. The number of fused-ring (bicyclic) bond motifs is 2. The summed E-state index contributed by atoms with van der Waals surface area (Å²) in [5.41, 5.74) is 8.11. The molecule has 0 atom stereocenters. The smallest absolute Gasteiger partial charge is 0.0307 e. The topological polar surface area (TPSA) is 0 Å². The van der Waals surface area contributed by atoms with Crippen molar-refractivity contribution >= 4 is 55.9 Å². The molecule has 0 aliphatic carbocycles. The Bertz CT molecular complexity index is 1430. The van der Waals surface area contributed by atoms with Crippen molar-refractivity contribution in [2.24, 2.45) is 0 Å². The third kappa shape index (κ3) is 11.5. The molecule has 0 N–H and O–H groups in total. The molecule has 0 aromatic heterocycles. The third-order valence-electron chi connectivity index (χ3n) is 6.61. The fourth-order valence-electron chi connectivity index (χ4n) is 4.74.